The third-order valence-corrected chi connectivity index (χ3v) is 6.47. The van der Waals surface area contributed by atoms with Gasteiger partial charge in [-0.3, -0.25) is 0 Å². The van der Waals surface area contributed by atoms with E-state index in [1.165, 1.54) is 20.2 Å². The van der Waals surface area contributed by atoms with Crippen LogP contribution in [-0.2, 0) is 0 Å². The zero-order valence-corrected chi connectivity index (χ0v) is 18.5. The summed E-state index contributed by atoms with van der Waals surface area (Å²) in [5, 5.41) is 0. The molecule has 0 N–H and O–H groups in total. The molecule has 4 aromatic carbocycles. The van der Waals surface area contributed by atoms with Crippen molar-refractivity contribution in [2.45, 2.75) is 26.5 Å². The van der Waals surface area contributed by atoms with E-state index in [0.717, 1.165) is 22.1 Å². The van der Waals surface area contributed by atoms with Gasteiger partial charge in [-0.05, 0) is 91.9 Å². The summed E-state index contributed by atoms with van der Waals surface area (Å²) in [6.07, 6.45) is 0. The quantitative estimate of drug-likeness (QED) is 0.295. The van der Waals surface area contributed by atoms with Crippen molar-refractivity contribution in [1.29, 1.82) is 0 Å². The molecular formula is C26H22O2S2. The van der Waals surface area contributed by atoms with Crippen molar-refractivity contribution in [3.8, 4) is 17.2 Å². The topological polar surface area (TPSA) is 18.5 Å². The lowest BCUT2D eigenvalue weighted by molar-refractivity contribution is 0.414. The number of rotatable bonds is 7. The van der Waals surface area contributed by atoms with Crippen molar-refractivity contribution in [2.75, 3.05) is 7.11 Å². The van der Waals surface area contributed by atoms with Crippen molar-refractivity contribution in [3.05, 3.63) is 103 Å². The molecule has 0 aliphatic carbocycles. The van der Waals surface area contributed by atoms with Crippen LogP contribution in [0, 0.1) is 6.92 Å². The van der Waals surface area contributed by atoms with E-state index < -0.39 is 0 Å². The largest absolute Gasteiger partial charge is 0.497 e. The first kappa shape index (κ1) is 20.5. The van der Waals surface area contributed by atoms with Gasteiger partial charge in [-0.1, -0.05) is 41.2 Å². The van der Waals surface area contributed by atoms with Gasteiger partial charge in [-0.15, -0.1) is 0 Å². The van der Waals surface area contributed by atoms with Crippen molar-refractivity contribution < 1.29 is 9.47 Å². The third-order valence-electron chi connectivity index (χ3n) is 4.43. The maximum absolute atomic E-state index is 6.00. The normalized spacial score (nSPS) is 10.6. The molecule has 0 fully saturated rings. The van der Waals surface area contributed by atoms with E-state index in [-0.39, 0.29) is 0 Å². The van der Waals surface area contributed by atoms with Gasteiger partial charge < -0.3 is 9.47 Å². The SMILES string of the molecule is COc1ccc(Sc2ccc(Oc3ccc(Sc4ccc(C)cc4)cc3)cc2)cc1. The van der Waals surface area contributed by atoms with Gasteiger partial charge in [0.15, 0.2) is 0 Å². The molecule has 4 aromatic rings. The highest BCUT2D eigenvalue weighted by molar-refractivity contribution is 7.99. The minimum atomic E-state index is 0.827. The fourth-order valence-electron chi connectivity index (χ4n) is 2.81. The van der Waals surface area contributed by atoms with E-state index >= 15 is 0 Å². The Morgan fingerprint density at radius 1 is 0.467 bits per heavy atom. The predicted octanol–water partition coefficient (Wildman–Crippen LogP) is 8.10. The summed E-state index contributed by atoms with van der Waals surface area (Å²) >= 11 is 3.46. The maximum atomic E-state index is 6.00. The van der Waals surface area contributed by atoms with Crippen molar-refractivity contribution in [1.82, 2.24) is 0 Å². The second-order valence-corrected chi connectivity index (χ2v) is 9.03. The van der Waals surface area contributed by atoms with Gasteiger partial charge in [-0.25, -0.2) is 0 Å². The molecule has 0 atom stereocenters. The highest BCUT2D eigenvalue weighted by atomic mass is 32.2. The Morgan fingerprint density at radius 2 is 0.800 bits per heavy atom. The average Bonchev–Trinajstić information content (AvgIpc) is 2.78. The van der Waals surface area contributed by atoms with Gasteiger partial charge in [0.05, 0.1) is 7.11 Å². The lowest BCUT2D eigenvalue weighted by Crippen LogP contribution is -1.84. The molecular weight excluding hydrogens is 408 g/mol. The molecule has 0 unspecified atom stereocenters. The summed E-state index contributed by atoms with van der Waals surface area (Å²) in [5.74, 6) is 2.53. The predicted molar refractivity (Wildman–Crippen MR) is 125 cm³/mol. The first-order valence-corrected chi connectivity index (χ1v) is 11.3. The van der Waals surface area contributed by atoms with Gasteiger partial charge in [0.25, 0.3) is 0 Å². The van der Waals surface area contributed by atoms with Crippen LogP contribution in [0.3, 0.4) is 0 Å². The Bertz CT molecular complexity index is 1070. The molecule has 30 heavy (non-hydrogen) atoms. The number of ether oxygens (including phenoxy) is 2. The Hall–Kier alpha value is -2.82. The van der Waals surface area contributed by atoms with Crippen LogP contribution in [0.15, 0.2) is 117 Å². The zero-order valence-electron chi connectivity index (χ0n) is 16.9. The van der Waals surface area contributed by atoms with Crippen LogP contribution < -0.4 is 9.47 Å². The maximum Gasteiger partial charge on any atom is 0.127 e. The summed E-state index contributed by atoms with van der Waals surface area (Å²) in [5.41, 5.74) is 1.27. The molecule has 0 spiro atoms. The number of methoxy groups -OCH3 is 1. The van der Waals surface area contributed by atoms with Gasteiger partial charge in [0.1, 0.15) is 17.2 Å². The number of aryl methyl sites for hydroxylation is 1. The van der Waals surface area contributed by atoms with E-state index in [4.69, 9.17) is 9.47 Å². The van der Waals surface area contributed by atoms with E-state index in [1.807, 2.05) is 36.4 Å². The first-order chi connectivity index (χ1) is 14.7. The highest BCUT2D eigenvalue weighted by Crippen LogP contribution is 2.33. The summed E-state index contributed by atoms with van der Waals surface area (Å²) in [4.78, 5) is 4.76. The number of hydrogen-bond acceptors (Lipinski definition) is 4. The molecule has 0 heterocycles. The van der Waals surface area contributed by atoms with E-state index in [0.29, 0.717) is 0 Å². The van der Waals surface area contributed by atoms with E-state index in [9.17, 15) is 0 Å². The zero-order chi connectivity index (χ0) is 20.8. The Kier molecular flexibility index (Phi) is 6.67. The summed E-state index contributed by atoms with van der Waals surface area (Å²) in [6, 6.07) is 33.0. The standard InChI is InChI=1S/C26H22O2S2/c1-19-3-11-23(12-4-19)29-25-15-7-21(8-16-25)28-22-9-17-26(18-10-22)30-24-13-5-20(27-2)6-14-24/h3-18H,1-2H3. The van der Waals surface area contributed by atoms with Crippen molar-refractivity contribution in [2.24, 2.45) is 0 Å². The van der Waals surface area contributed by atoms with Gasteiger partial charge in [-0.2, -0.15) is 0 Å². The monoisotopic (exact) mass is 430 g/mol. The summed E-state index contributed by atoms with van der Waals surface area (Å²) in [6.45, 7) is 2.10. The Labute approximate surface area is 186 Å². The number of hydrogen-bond donors (Lipinski definition) is 0. The Balaban J connectivity index is 1.35. The first-order valence-electron chi connectivity index (χ1n) is 9.62. The van der Waals surface area contributed by atoms with Crippen LogP contribution in [-0.4, -0.2) is 7.11 Å². The molecule has 0 aliphatic rings. The second kappa shape index (κ2) is 9.79. The molecule has 150 valence electrons. The summed E-state index contributed by atoms with van der Waals surface area (Å²) < 4.78 is 11.2. The second-order valence-electron chi connectivity index (χ2n) is 6.74. The highest BCUT2D eigenvalue weighted by Gasteiger charge is 2.03. The van der Waals surface area contributed by atoms with Crippen LogP contribution in [0.5, 0.6) is 17.2 Å². The lowest BCUT2D eigenvalue weighted by Gasteiger charge is -2.08. The lowest BCUT2D eigenvalue weighted by atomic mass is 10.2. The third kappa shape index (κ3) is 5.62. The number of benzene rings is 4. The Morgan fingerprint density at radius 3 is 1.17 bits per heavy atom. The molecule has 2 nitrogen and oxygen atoms in total. The molecule has 4 rings (SSSR count). The van der Waals surface area contributed by atoms with Crippen molar-refractivity contribution >= 4 is 23.5 Å². The minimum absolute atomic E-state index is 0.827. The molecule has 0 bridgehead atoms. The van der Waals surface area contributed by atoms with Gasteiger partial charge in [0.2, 0.25) is 0 Å². The molecule has 0 aliphatic heterocycles. The summed E-state index contributed by atoms with van der Waals surface area (Å²) in [7, 11) is 1.68. The van der Waals surface area contributed by atoms with Gasteiger partial charge in [0, 0.05) is 19.6 Å². The fraction of sp³-hybridized carbons (Fsp3) is 0.0769. The molecule has 0 saturated carbocycles. The molecule has 0 aromatic heterocycles. The van der Waals surface area contributed by atoms with Crippen LogP contribution in [0.25, 0.3) is 0 Å². The van der Waals surface area contributed by atoms with E-state index in [1.54, 1.807) is 30.6 Å². The molecule has 0 saturated heterocycles. The van der Waals surface area contributed by atoms with Crippen LogP contribution in [0.2, 0.25) is 0 Å². The fourth-order valence-corrected chi connectivity index (χ4v) is 4.44. The molecule has 4 heteroatoms. The molecule has 0 radical (unpaired) electrons. The minimum Gasteiger partial charge on any atom is -0.497 e. The molecule has 0 amide bonds. The average molecular weight is 431 g/mol. The smallest absolute Gasteiger partial charge is 0.127 e. The van der Waals surface area contributed by atoms with Crippen LogP contribution in [0.1, 0.15) is 5.56 Å². The van der Waals surface area contributed by atoms with Gasteiger partial charge >= 0.3 is 0 Å². The van der Waals surface area contributed by atoms with Crippen molar-refractivity contribution in [3.63, 3.8) is 0 Å². The van der Waals surface area contributed by atoms with Crippen LogP contribution in [0.4, 0.5) is 0 Å². The van der Waals surface area contributed by atoms with E-state index in [2.05, 4.69) is 67.6 Å². The van der Waals surface area contributed by atoms with Crippen LogP contribution >= 0.6 is 23.5 Å².